The Labute approximate surface area is 131 Å². The second kappa shape index (κ2) is 6.26. The van der Waals surface area contributed by atoms with Gasteiger partial charge in [0.1, 0.15) is 5.82 Å². The van der Waals surface area contributed by atoms with Crippen LogP contribution < -0.4 is 5.32 Å². The van der Waals surface area contributed by atoms with Crippen molar-refractivity contribution in [3.8, 4) is 10.4 Å². The highest BCUT2D eigenvalue weighted by atomic mass is 35.5. The number of piperidine rings is 1. The van der Waals surface area contributed by atoms with E-state index in [4.69, 9.17) is 11.6 Å². The van der Waals surface area contributed by atoms with Gasteiger partial charge in [0.2, 0.25) is 0 Å². The lowest BCUT2D eigenvalue weighted by Gasteiger charge is -2.23. The van der Waals surface area contributed by atoms with E-state index in [1.807, 2.05) is 12.1 Å². The van der Waals surface area contributed by atoms with Crippen molar-refractivity contribution in [2.24, 2.45) is 0 Å². The van der Waals surface area contributed by atoms with Crippen LogP contribution in [0.5, 0.6) is 0 Å². The molecule has 0 bridgehead atoms. The van der Waals surface area contributed by atoms with Crippen LogP contribution in [0.4, 0.5) is 4.39 Å². The number of thiophene rings is 1. The molecule has 1 aromatic carbocycles. The first-order chi connectivity index (χ1) is 10.2. The number of halogens is 2. The van der Waals surface area contributed by atoms with Crippen LogP contribution in [0.25, 0.3) is 10.4 Å². The van der Waals surface area contributed by atoms with E-state index in [9.17, 15) is 9.18 Å². The van der Waals surface area contributed by atoms with Crippen molar-refractivity contribution in [1.29, 1.82) is 0 Å². The molecule has 3 rings (SSSR count). The molecule has 0 radical (unpaired) electrons. The average molecular weight is 324 g/mol. The third-order valence-corrected chi connectivity index (χ3v) is 5.42. The summed E-state index contributed by atoms with van der Waals surface area (Å²) in [4.78, 5) is 12.1. The Bertz CT molecular complexity index is 664. The molecule has 1 N–H and O–H groups in total. The van der Waals surface area contributed by atoms with Gasteiger partial charge in [-0.05, 0) is 55.1 Å². The minimum Gasteiger partial charge on any atom is -0.317 e. The molecule has 1 aliphatic rings. The number of rotatable bonds is 3. The predicted octanol–water partition coefficient (Wildman–Crippen LogP) is 4.49. The van der Waals surface area contributed by atoms with Crippen LogP contribution in [0.2, 0.25) is 5.02 Å². The fourth-order valence-corrected chi connectivity index (χ4v) is 3.95. The molecule has 1 aromatic heterocycles. The van der Waals surface area contributed by atoms with Gasteiger partial charge in [-0.25, -0.2) is 4.39 Å². The van der Waals surface area contributed by atoms with Crippen LogP contribution in [0, 0.1) is 5.82 Å². The van der Waals surface area contributed by atoms with Gasteiger partial charge >= 0.3 is 0 Å². The zero-order valence-corrected chi connectivity index (χ0v) is 12.9. The van der Waals surface area contributed by atoms with E-state index >= 15 is 0 Å². The molecule has 0 atom stereocenters. The maximum absolute atomic E-state index is 14.4. The first-order valence-corrected chi connectivity index (χ1v) is 8.13. The highest BCUT2D eigenvalue weighted by Gasteiger charge is 2.19. The minimum absolute atomic E-state index is 0.170. The van der Waals surface area contributed by atoms with Gasteiger partial charge in [-0.2, -0.15) is 0 Å². The van der Waals surface area contributed by atoms with Crippen molar-refractivity contribution >= 4 is 29.2 Å². The molecule has 5 heteroatoms. The molecule has 0 amide bonds. The van der Waals surface area contributed by atoms with Crippen LogP contribution in [0.15, 0.2) is 24.3 Å². The number of hydrogen-bond acceptors (Lipinski definition) is 3. The SMILES string of the molecule is O=Cc1sc(-c2ccc(C3CCNCC3)c(F)c2)cc1Cl. The maximum atomic E-state index is 14.4. The van der Waals surface area contributed by atoms with Gasteiger partial charge in [-0.1, -0.05) is 23.7 Å². The van der Waals surface area contributed by atoms with E-state index < -0.39 is 0 Å². The summed E-state index contributed by atoms with van der Waals surface area (Å²) in [6.07, 6.45) is 2.67. The van der Waals surface area contributed by atoms with Gasteiger partial charge in [0, 0.05) is 4.88 Å². The number of benzene rings is 1. The Morgan fingerprint density at radius 3 is 2.67 bits per heavy atom. The van der Waals surface area contributed by atoms with Crippen molar-refractivity contribution in [2.75, 3.05) is 13.1 Å². The molecule has 21 heavy (non-hydrogen) atoms. The van der Waals surface area contributed by atoms with E-state index in [-0.39, 0.29) is 11.7 Å². The fraction of sp³-hybridized carbons (Fsp3) is 0.312. The summed E-state index contributed by atoms with van der Waals surface area (Å²) in [6.45, 7) is 1.88. The van der Waals surface area contributed by atoms with Crippen molar-refractivity contribution in [1.82, 2.24) is 5.32 Å². The van der Waals surface area contributed by atoms with Gasteiger partial charge in [0.05, 0.1) is 9.90 Å². The highest BCUT2D eigenvalue weighted by Crippen LogP contribution is 2.36. The summed E-state index contributed by atoms with van der Waals surface area (Å²) in [5.41, 5.74) is 1.56. The fourth-order valence-electron chi connectivity index (χ4n) is 2.75. The third kappa shape index (κ3) is 3.03. The number of carbonyl (C=O) groups excluding carboxylic acids is 1. The van der Waals surface area contributed by atoms with Crippen LogP contribution in [-0.2, 0) is 0 Å². The van der Waals surface area contributed by atoms with Crippen molar-refractivity contribution in [2.45, 2.75) is 18.8 Å². The molecule has 0 saturated carbocycles. The highest BCUT2D eigenvalue weighted by molar-refractivity contribution is 7.17. The summed E-state index contributed by atoms with van der Waals surface area (Å²) >= 11 is 7.25. The zero-order valence-electron chi connectivity index (χ0n) is 11.4. The summed E-state index contributed by atoms with van der Waals surface area (Å²) in [5, 5.41) is 3.71. The van der Waals surface area contributed by atoms with E-state index in [2.05, 4.69) is 5.32 Å². The quantitative estimate of drug-likeness (QED) is 0.843. The molecule has 1 saturated heterocycles. The van der Waals surface area contributed by atoms with E-state index in [0.29, 0.717) is 9.90 Å². The zero-order chi connectivity index (χ0) is 14.8. The number of aldehydes is 1. The second-order valence-corrected chi connectivity index (χ2v) is 6.69. The standard InChI is InChI=1S/C16H15ClFNOS/c17-13-8-15(21-16(13)9-20)11-1-2-12(14(18)7-11)10-3-5-19-6-4-10/h1-2,7-10,19H,3-6H2. The second-order valence-electron chi connectivity index (χ2n) is 5.20. The Morgan fingerprint density at radius 1 is 1.29 bits per heavy atom. The Morgan fingerprint density at radius 2 is 2.05 bits per heavy atom. The molecular weight excluding hydrogens is 309 g/mol. The average Bonchev–Trinajstić information content (AvgIpc) is 2.89. The lowest BCUT2D eigenvalue weighted by Crippen LogP contribution is -2.27. The van der Waals surface area contributed by atoms with Gasteiger partial charge in [-0.3, -0.25) is 4.79 Å². The Hall–Kier alpha value is -1.23. The molecule has 0 unspecified atom stereocenters. The molecule has 110 valence electrons. The van der Waals surface area contributed by atoms with Crippen molar-refractivity contribution in [3.05, 3.63) is 45.5 Å². The monoisotopic (exact) mass is 323 g/mol. The predicted molar refractivity (Wildman–Crippen MR) is 85.0 cm³/mol. The molecule has 1 fully saturated rings. The lowest BCUT2D eigenvalue weighted by molar-refractivity contribution is 0.112. The number of hydrogen-bond donors (Lipinski definition) is 1. The summed E-state index contributed by atoms with van der Waals surface area (Å²) in [7, 11) is 0. The summed E-state index contributed by atoms with van der Waals surface area (Å²) in [5.74, 6) is 0.120. The Kier molecular flexibility index (Phi) is 4.38. The molecular formula is C16H15ClFNOS. The van der Waals surface area contributed by atoms with Gasteiger partial charge in [-0.15, -0.1) is 11.3 Å². The molecule has 2 nitrogen and oxygen atoms in total. The van der Waals surface area contributed by atoms with Crippen LogP contribution >= 0.6 is 22.9 Å². The van der Waals surface area contributed by atoms with Gasteiger partial charge < -0.3 is 5.32 Å². The van der Waals surface area contributed by atoms with Crippen LogP contribution in [0.1, 0.15) is 34.0 Å². The molecule has 0 spiro atoms. The first-order valence-electron chi connectivity index (χ1n) is 6.94. The van der Waals surface area contributed by atoms with E-state index in [1.54, 1.807) is 12.1 Å². The normalized spacial score (nSPS) is 16.1. The van der Waals surface area contributed by atoms with E-state index in [0.717, 1.165) is 48.2 Å². The maximum Gasteiger partial charge on any atom is 0.161 e. The first kappa shape index (κ1) is 14.7. The summed E-state index contributed by atoms with van der Waals surface area (Å²) in [6, 6.07) is 7.05. The third-order valence-electron chi connectivity index (χ3n) is 3.88. The molecule has 0 aliphatic carbocycles. The van der Waals surface area contributed by atoms with Crippen molar-refractivity contribution < 1.29 is 9.18 Å². The molecule has 2 aromatic rings. The molecule has 2 heterocycles. The van der Waals surface area contributed by atoms with Crippen LogP contribution in [0.3, 0.4) is 0 Å². The van der Waals surface area contributed by atoms with Crippen LogP contribution in [-0.4, -0.2) is 19.4 Å². The van der Waals surface area contributed by atoms with Gasteiger partial charge in [0.15, 0.2) is 6.29 Å². The number of nitrogens with one attached hydrogen (secondary N) is 1. The van der Waals surface area contributed by atoms with Gasteiger partial charge in [0.25, 0.3) is 0 Å². The lowest BCUT2D eigenvalue weighted by atomic mass is 9.89. The topological polar surface area (TPSA) is 29.1 Å². The number of carbonyl (C=O) groups is 1. The minimum atomic E-state index is -0.170. The van der Waals surface area contributed by atoms with E-state index in [1.165, 1.54) is 11.3 Å². The Balaban J connectivity index is 1.91. The smallest absolute Gasteiger partial charge is 0.161 e. The summed E-state index contributed by atoms with van der Waals surface area (Å²) < 4.78 is 14.4. The largest absolute Gasteiger partial charge is 0.317 e. The molecule has 1 aliphatic heterocycles. The van der Waals surface area contributed by atoms with Crippen molar-refractivity contribution in [3.63, 3.8) is 0 Å².